The Labute approximate surface area is 108 Å². The molecule has 94 valence electrons. The van der Waals surface area contributed by atoms with Crippen molar-refractivity contribution in [3.05, 3.63) is 28.5 Å². The SMILES string of the molecule is CC(=O)c1csc(NC(=O)c2cnn(C)c2C)n1. The summed E-state index contributed by atoms with van der Waals surface area (Å²) in [6.07, 6.45) is 1.50. The van der Waals surface area contributed by atoms with Crippen LogP contribution in [0.5, 0.6) is 0 Å². The first kappa shape index (κ1) is 12.4. The van der Waals surface area contributed by atoms with E-state index in [9.17, 15) is 9.59 Å². The van der Waals surface area contributed by atoms with Gasteiger partial charge in [0.15, 0.2) is 10.9 Å². The fourth-order valence-corrected chi connectivity index (χ4v) is 2.12. The predicted molar refractivity (Wildman–Crippen MR) is 68.0 cm³/mol. The molecule has 1 amide bonds. The highest BCUT2D eigenvalue weighted by molar-refractivity contribution is 7.14. The highest BCUT2D eigenvalue weighted by Gasteiger charge is 2.15. The van der Waals surface area contributed by atoms with E-state index >= 15 is 0 Å². The molecule has 0 fully saturated rings. The van der Waals surface area contributed by atoms with E-state index in [4.69, 9.17) is 0 Å². The third-order valence-electron chi connectivity index (χ3n) is 2.57. The monoisotopic (exact) mass is 264 g/mol. The number of nitrogens with one attached hydrogen (secondary N) is 1. The van der Waals surface area contributed by atoms with Crippen LogP contribution in [-0.2, 0) is 7.05 Å². The predicted octanol–water partition coefficient (Wildman–Crippen LogP) is 1.64. The minimum atomic E-state index is -0.273. The molecule has 6 nitrogen and oxygen atoms in total. The van der Waals surface area contributed by atoms with Gasteiger partial charge in [0, 0.05) is 25.0 Å². The smallest absolute Gasteiger partial charge is 0.260 e. The Kier molecular flexibility index (Phi) is 3.24. The molecular weight excluding hydrogens is 252 g/mol. The van der Waals surface area contributed by atoms with Gasteiger partial charge in [-0.3, -0.25) is 19.6 Å². The Morgan fingerprint density at radius 1 is 1.44 bits per heavy atom. The topological polar surface area (TPSA) is 76.9 Å². The summed E-state index contributed by atoms with van der Waals surface area (Å²) >= 11 is 1.22. The number of nitrogens with zero attached hydrogens (tertiary/aromatic N) is 3. The lowest BCUT2D eigenvalue weighted by atomic mass is 10.2. The van der Waals surface area contributed by atoms with Crippen LogP contribution in [0.2, 0.25) is 0 Å². The zero-order valence-corrected chi connectivity index (χ0v) is 11.0. The summed E-state index contributed by atoms with van der Waals surface area (Å²) in [5, 5.41) is 8.68. The number of anilines is 1. The molecule has 0 atom stereocenters. The summed E-state index contributed by atoms with van der Waals surface area (Å²) in [6, 6.07) is 0. The molecule has 0 spiro atoms. The number of rotatable bonds is 3. The maximum Gasteiger partial charge on any atom is 0.260 e. The van der Waals surface area contributed by atoms with Crippen molar-refractivity contribution in [2.45, 2.75) is 13.8 Å². The zero-order chi connectivity index (χ0) is 13.3. The standard InChI is InChI=1S/C11H12N4O2S/c1-6-8(4-12-15(6)3)10(17)14-11-13-9(5-18-11)7(2)16/h4-5H,1-3H3,(H,13,14,17). The van der Waals surface area contributed by atoms with Gasteiger partial charge in [0.25, 0.3) is 5.91 Å². The molecule has 2 heterocycles. The van der Waals surface area contributed by atoms with Crippen LogP contribution >= 0.6 is 11.3 Å². The maximum absolute atomic E-state index is 11.9. The summed E-state index contributed by atoms with van der Waals surface area (Å²) in [5.74, 6) is -0.394. The number of carbonyl (C=O) groups is 2. The fourth-order valence-electron chi connectivity index (χ4n) is 1.38. The summed E-state index contributed by atoms with van der Waals surface area (Å²) in [7, 11) is 1.77. The summed E-state index contributed by atoms with van der Waals surface area (Å²) < 4.78 is 1.62. The van der Waals surface area contributed by atoms with Crippen LogP contribution in [-0.4, -0.2) is 26.5 Å². The molecule has 1 N–H and O–H groups in total. The number of aryl methyl sites for hydroxylation is 1. The van der Waals surface area contributed by atoms with Gasteiger partial charge in [-0.25, -0.2) is 4.98 Å². The normalized spacial score (nSPS) is 10.4. The molecule has 0 saturated heterocycles. The lowest BCUT2D eigenvalue weighted by molar-refractivity contribution is 0.100. The zero-order valence-electron chi connectivity index (χ0n) is 10.2. The van der Waals surface area contributed by atoms with Gasteiger partial charge in [0.1, 0.15) is 5.69 Å². The molecule has 0 aliphatic rings. The van der Waals surface area contributed by atoms with E-state index in [0.717, 1.165) is 5.69 Å². The van der Waals surface area contributed by atoms with Crippen LogP contribution in [0.1, 0.15) is 33.5 Å². The molecule has 0 bridgehead atoms. The van der Waals surface area contributed by atoms with Crippen molar-refractivity contribution in [1.82, 2.24) is 14.8 Å². The van der Waals surface area contributed by atoms with E-state index in [-0.39, 0.29) is 11.7 Å². The van der Waals surface area contributed by atoms with Gasteiger partial charge in [-0.1, -0.05) is 0 Å². The van der Waals surface area contributed by atoms with Gasteiger partial charge in [0.2, 0.25) is 0 Å². The Hall–Kier alpha value is -2.02. The first-order chi connectivity index (χ1) is 8.49. The molecule has 0 aliphatic carbocycles. The molecule has 0 aliphatic heterocycles. The second-order valence-electron chi connectivity index (χ2n) is 3.82. The van der Waals surface area contributed by atoms with E-state index < -0.39 is 0 Å². The van der Waals surface area contributed by atoms with Crippen molar-refractivity contribution in [3.63, 3.8) is 0 Å². The third-order valence-corrected chi connectivity index (χ3v) is 3.32. The second kappa shape index (κ2) is 4.69. The van der Waals surface area contributed by atoms with E-state index in [1.807, 2.05) is 6.92 Å². The van der Waals surface area contributed by atoms with E-state index in [0.29, 0.717) is 16.4 Å². The number of carbonyl (C=O) groups excluding carboxylic acids is 2. The molecule has 0 unspecified atom stereocenters. The average Bonchev–Trinajstić information content (AvgIpc) is 2.88. The molecule has 2 rings (SSSR count). The van der Waals surface area contributed by atoms with E-state index in [1.54, 1.807) is 17.1 Å². The number of hydrogen-bond donors (Lipinski definition) is 1. The number of Topliss-reactive ketones (excluding diaryl/α,β-unsaturated/α-hetero) is 1. The van der Waals surface area contributed by atoms with Gasteiger partial charge in [0.05, 0.1) is 11.8 Å². The highest BCUT2D eigenvalue weighted by atomic mass is 32.1. The first-order valence-corrected chi connectivity index (χ1v) is 6.13. The molecule has 2 aromatic heterocycles. The Morgan fingerprint density at radius 2 is 2.17 bits per heavy atom. The number of aromatic nitrogens is 3. The van der Waals surface area contributed by atoms with Crippen molar-refractivity contribution >= 4 is 28.2 Å². The number of hydrogen-bond acceptors (Lipinski definition) is 5. The van der Waals surface area contributed by atoms with Crippen molar-refractivity contribution in [1.29, 1.82) is 0 Å². The number of amides is 1. The summed E-state index contributed by atoms with van der Waals surface area (Å²) in [4.78, 5) is 27.1. The maximum atomic E-state index is 11.9. The van der Waals surface area contributed by atoms with Crippen LogP contribution in [0.3, 0.4) is 0 Å². The quantitative estimate of drug-likeness (QED) is 0.855. The Balaban J connectivity index is 2.16. The van der Waals surface area contributed by atoms with Gasteiger partial charge < -0.3 is 0 Å². The van der Waals surface area contributed by atoms with Crippen molar-refractivity contribution in [2.24, 2.45) is 7.05 Å². The molecule has 18 heavy (non-hydrogen) atoms. The third kappa shape index (κ3) is 2.30. The van der Waals surface area contributed by atoms with Crippen molar-refractivity contribution in [3.8, 4) is 0 Å². The van der Waals surface area contributed by atoms with E-state index in [1.165, 1.54) is 24.5 Å². The van der Waals surface area contributed by atoms with E-state index in [2.05, 4.69) is 15.4 Å². The molecule has 0 radical (unpaired) electrons. The van der Waals surface area contributed by atoms with Crippen LogP contribution < -0.4 is 5.32 Å². The van der Waals surface area contributed by atoms with Gasteiger partial charge in [-0.2, -0.15) is 5.10 Å². The molecule has 0 aromatic carbocycles. The van der Waals surface area contributed by atoms with Gasteiger partial charge in [-0.15, -0.1) is 11.3 Å². The average molecular weight is 264 g/mol. The van der Waals surface area contributed by atoms with Crippen LogP contribution in [0.15, 0.2) is 11.6 Å². The van der Waals surface area contributed by atoms with Crippen LogP contribution in [0.4, 0.5) is 5.13 Å². The fraction of sp³-hybridized carbons (Fsp3) is 0.273. The highest BCUT2D eigenvalue weighted by Crippen LogP contribution is 2.17. The van der Waals surface area contributed by atoms with Gasteiger partial charge >= 0.3 is 0 Å². The lowest BCUT2D eigenvalue weighted by Gasteiger charge is -2.00. The van der Waals surface area contributed by atoms with Gasteiger partial charge in [-0.05, 0) is 6.92 Å². The number of thiazole rings is 1. The molecule has 0 saturated carbocycles. The second-order valence-corrected chi connectivity index (χ2v) is 4.67. The number of ketones is 1. The van der Waals surface area contributed by atoms with Crippen LogP contribution in [0.25, 0.3) is 0 Å². The summed E-state index contributed by atoms with van der Waals surface area (Å²) in [6.45, 7) is 3.25. The van der Waals surface area contributed by atoms with Crippen molar-refractivity contribution in [2.75, 3.05) is 5.32 Å². The van der Waals surface area contributed by atoms with Crippen molar-refractivity contribution < 1.29 is 9.59 Å². The Morgan fingerprint density at radius 3 is 2.67 bits per heavy atom. The first-order valence-electron chi connectivity index (χ1n) is 5.25. The molecule has 7 heteroatoms. The molecule has 2 aromatic rings. The Bertz CT molecular complexity index is 614. The minimum absolute atomic E-state index is 0.121. The van der Waals surface area contributed by atoms with Crippen LogP contribution in [0, 0.1) is 6.92 Å². The largest absolute Gasteiger partial charge is 0.298 e. The minimum Gasteiger partial charge on any atom is -0.298 e. The summed E-state index contributed by atoms with van der Waals surface area (Å²) in [5.41, 5.74) is 1.63. The lowest BCUT2D eigenvalue weighted by Crippen LogP contribution is -2.13. The molecular formula is C11H12N4O2S.